The molecule has 0 heterocycles. The van der Waals surface area contributed by atoms with Gasteiger partial charge in [0.25, 0.3) is 0 Å². The predicted molar refractivity (Wildman–Crippen MR) is 87.5 cm³/mol. The Kier molecular flexibility index (Phi) is 5.22. The van der Waals surface area contributed by atoms with Gasteiger partial charge in [0.1, 0.15) is 0 Å². The van der Waals surface area contributed by atoms with Crippen molar-refractivity contribution in [2.45, 2.75) is 33.2 Å². The molecule has 1 unspecified atom stereocenters. The first-order chi connectivity index (χ1) is 9.60. The molecule has 2 heteroatoms. The second-order valence-electron chi connectivity index (χ2n) is 5.28. The van der Waals surface area contributed by atoms with E-state index in [2.05, 4.69) is 56.4 Å². The third-order valence-corrected chi connectivity index (χ3v) is 3.99. The summed E-state index contributed by atoms with van der Waals surface area (Å²) in [7, 11) is 0. The Bertz CT molecular complexity index is 560. The number of rotatable bonds is 5. The lowest BCUT2D eigenvalue weighted by molar-refractivity contribution is 0.549. The van der Waals surface area contributed by atoms with Gasteiger partial charge in [0.2, 0.25) is 0 Å². The lowest BCUT2D eigenvalue weighted by Crippen LogP contribution is -2.23. The van der Waals surface area contributed by atoms with Crippen molar-refractivity contribution in [2.75, 3.05) is 6.54 Å². The minimum absolute atomic E-state index is 0.333. The molecule has 0 fully saturated rings. The van der Waals surface area contributed by atoms with E-state index in [1.807, 2.05) is 12.1 Å². The fourth-order valence-electron chi connectivity index (χ4n) is 2.42. The summed E-state index contributed by atoms with van der Waals surface area (Å²) < 4.78 is 0. The zero-order chi connectivity index (χ0) is 14.5. The van der Waals surface area contributed by atoms with Gasteiger partial charge in [-0.15, -0.1) is 0 Å². The van der Waals surface area contributed by atoms with E-state index < -0.39 is 0 Å². The molecule has 2 aromatic carbocycles. The largest absolute Gasteiger partial charge is 0.310 e. The van der Waals surface area contributed by atoms with Gasteiger partial charge in [-0.25, -0.2) is 0 Å². The highest BCUT2D eigenvalue weighted by atomic mass is 35.5. The summed E-state index contributed by atoms with van der Waals surface area (Å²) >= 11 is 5.97. The highest BCUT2D eigenvalue weighted by molar-refractivity contribution is 6.30. The van der Waals surface area contributed by atoms with Crippen LogP contribution in [0.2, 0.25) is 5.02 Å². The Morgan fingerprint density at radius 2 is 1.70 bits per heavy atom. The Balaban J connectivity index is 2.20. The summed E-state index contributed by atoms with van der Waals surface area (Å²) in [5.41, 5.74) is 5.36. The van der Waals surface area contributed by atoms with Crippen molar-refractivity contribution >= 4 is 11.6 Å². The molecule has 0 saturated heterocycles. The van der Waals surface area contributed by atoms with E-state index in [4.69, 9.17) is 11.6 Å². The van der Waals surface area contributed by atoms with Crippen LogP contribution < -0.4 is 5.32 Å². The summed E-state index contributed by atoms with van der Waals surface area (Å²) in [6.45, 7) is 7.42. The minimum Gasteiger partial charge on any atom is -0.310 e. The summed E-state index contributed by atoms with van der Waals surface area (Å²) in [5.74, 6) is 0. The molecule has 1 N–H and O–H groups in total. The first kappa shape index (κ1) is 15.1. The highest BCUT2D eigenvalue weighted by Gasteiger charge is 2.11. The predicted octanol–water partition coefficient (Wildman–Crippen LogP) is 4.85. The fraction of sp³-hybridized carbons (Fsp3) is 0.333. The van der Waals surface area contributed by atoms with E-state index in [9.17, 15) is 0 Å². The number of hydrogen-bond acceptors (Lipinski definition) is 1. The van der Waals surface area contributed by atoms with Crippen LogP contribution in [0.4, 0.5) is 0 Å². The Morgan fingerprint density at radius 3 is 2.30 bits per heavy atom. The van der Waals surface area contributed by atoms with Gasteiger partial charge in [0, 0.05) is 11.1 Å². The van der Waals surface area contributed by atoms with Crippen LogP contribution in [-0.4, -0.2) is 6.54 Å². The minimum atomic E-state index is 0.333. The number of hydrogen-bond donors (Lipinski definition) is 1. The Morgan fingerprint density at radius 1 is 1.00 bits per heavy atom. The molecule has 0 amide bonds. The van der Waals surface area contributed by atoms with Gasteiger partial charge in [0.05, 0.1) is 0 Å². The molecular formula is C18H22ClN. The highest BCUT2D eigenvalue weighted by Crippen LogP contribution is 2.21. The molecule has 106 valence electrons. The second kappa shape index (κ2) is 6.92. The molecule has 0 aliphatic carbocycles. The van der Waals surface area contributed by atoms with Gasteiger partial charge in [-0.1, -0.05) is 48.9 Å². The molecule has 0 bridgehead atoms. The van der Waals surface area contributed by atoms with E-state index in [-0.39, 0.29) is 0 Å². The number of nitrogens with one attached hydrogen (secondary N) is 1. The molecule has 2 aromatic rings. The summed E-state index contributed by atoms with van der Waals surface area (Å²) in [6.07, 6.45) is 0.997. The average Bonchev–Trinajstić information content (AvgIpc) is 2.43. The van der Waals surface area contributed by atoms with Gasteiger partial charge in [-0.3, -0.25) is 0 Å². The van der Waals surface area contributed by atoms with E-state index in [0.717, 1.165) is 18.0 Å². The van der Waals surface area contributed by atoms with Gasteiger partial charge >= 0.3 is 0 Å². The summed E-state index contributed by atoms with van der Waals surface area (Å²) in [6, 6.07) is 15.2. The molecule has 0 aromatic heterocycles. The van der Waals surface area contributed by atoms with Crippen LogP contribution in [0.15, 0.2) is 42.5 Å². The third-order valence-electron chi connectivity index (χ3n) is 3.73. The number of benzene rings is 2. The maximum absolute atomic E-state index is 5.97. The van der Waals surface area contributed by atoms with Crippen molar-refractivity contribution < 1.29 is 0 Å². The van der Waals surface area contributed by atoms with Crippen LogP contribution >= 0.6 is 11.6 Å². The fourth-order valence-corrected chi connectivity index (χ4v) is 2.54. The summed E-state index contributed by atoms with van der Waals surface area (Å²) in [4.78, 5) is 0. The van der Waals surface area contributed by atoms with Crippen molar-refractivity contribution in [3.05, 3.63) is 69.7 Å². The Labute approximate surface area is 127 Å². The van der Waals surface area contributed by atoms with E-state index in [1.165, 1.54) is 22.3 Å². The van der Waals surface area contributed by atoms with Gasteiger partial charge in [-0.2, -0.15) is 0 Å². The lowest BCUT2D eigenvalue weighted by Gasteiger charge is -2.19. The van der Waals surface area contributed by atoms with Crippen LogP contribution in [0.3, 0.4) is 0 Å². The topological polar surface area (TPSA) is 12.0 Å². The van der Waals surface area contributed by atoms with E-state index in [0.29, 0.717) is 6.04 Å². The first-order valence-electron chi connectivity index (χ1n) is 7.15. The van der Waals surface area contributed by atoms with E-state index in [1.54, 1.807) is 0 Å². The van der Waals surface area contributed by atoms with Gasteiger partial charge in [-0.05, 0) is 61.2 Å². The molecule has 2 rings (SSSR count). The SMILES string of the molecule is CCNC(Cc1ccc(C)c(C)c1)c1ccc(Cl)cc1. The van der Waals surface area contributed by atoms with Crippen molar-refractivity contribution in [1.82, 2.24) is 5.32 Å². The van der Waals surface area contributed by atoms with Crippen molar-refractivity contribution in [3.8, 4) is 0 Å². The summed E-state index contributed by atoms with van der Waals surface area (Å²) in [5, 5.41) is 4.35. The third kappa shape index (κ3) is 3.84. The van der Waals surface area contributed by atoms with Gasteiger partial charge < -0.3 is 5.32 Å². The number of halogens is 1. The molecular weight excluding hydrogens is 266 g/mol. The van der Waals surface area contributed by atoms with Crippen LogP contribution in [-0.2, 0) is 6.42 Å². The normalized spacial score (nSPS) is 12.4. The van der Waals surface area contributed by atoms with Crippen molar-refractivity contribution in [1.29, 1.82) is 0 Å². The van der Waals surface area contributed by atoms with Crippen LogP contribution in [0.25, 0.3) is 0 Å². The molecule has 0 saturated carbocycles. The molecule has 0 aliphatic rings. The monoisotopic (exact) mass is 287 g/mol. The van der Waals surface area contributed by atoms with Gasteiger partial charge in [0.15, 0.2) is 0 Å². The Hall–Kier alpha value is -1.31. The average molecular weight is 288 g/mol. The molecule has 0 spiro atoms. The number of likely N-dealkylation sites (N-methyl/N-ethyl adjacent to an activating group) is 1. The standard InChI is InChI=1S/C18H22ClN/c1-4-20-18(16-7-9-17(19)10-8-16)12-15-6-5-13(2)14(3)11-15/h5-11,18,20H,4,12H2,1-3H3. The maximum atomic E-state index is 5.97. The first-order valence-corrected chi connectivity index (χ1v) is 7.53. The van der Waals surface area contributed by atoms with E-state index >= 15 is 0 Å². The molecule has 0 radical (unpaired) electrons. The molecule has 0 aliphatic heterocycles. The molecule has 20 heavy (non-hydrogen) atoms. The lowest BCUT2D eigenvalue weighted by atomic mass is 9.96. The van der Waals surface area contributed by atoms with Crippen LogP contribution in [0, 0.1) is 13.8 Å². The maximum Gasteiger partial charge on any atom is 0.0406 e. The van der Waals surface area contributed by atoms with Crippen LogP contribution in [0.1, 0.15) is 35.2 Å². The quantitative estimate of drug-likeness (QED) is 0.829. The zero-order valence-electron chi connectivity index (χ0n) is 12.4. The van der Waals surface area contributed by atoms with Crippen molar-refractivity contribution in [3.63, 3.8) is 0 Å². The zero-order valence-corrected chi connectivity index (χ0v) is 13.2. The smallest absolute Gasteiger partial charge is 0.0406 e. The van der Waals surface area contributed by atoms with Crippen LogP contribution in [0.5, 0.6) is 0 Å². The second-order valence-corrected chi connectivity index (χ2v) is 5.72. The molecule has 1 nitrogen and oxygen atoms in total. The van der Waals surface area contributed by atoms with Crippen molar-refractivity contribution in [2.24, 2.45) is 0 Å². The number of aryl methyl sites for hydroxylation is 2. The molecule has 1 atom stereocenters.